The van der Waals surface area contributed by atoms with Crippen molar-refractivity contribution in [2.24, 2.45) is 0 Å². The number of rotatable bonds is 3. The van der Waals surface area contributed by atoms with E-state index in [4.69, 9.17) is 34.3 Å². The summed E-state index contributed by atoms with van der Waals surface area (Å²) in [6, 6.07) is 0. The molecule has 0 spiro atoms. The summed E-state index contributed by atoms with van der Waals surface area (Å²) in [7, 11) is 0. The zero-order valence-electron chi connectivity index (χ0n) is 13.3. The smallest absolute Gasteiger partial charge is 0 e. The molecule has 0 aromatic carbocycles. The number of ether oxygens (including phenoxy) is 1. The number of hydrogen-bond donors (Lipinski definition) is 0. The van der Waals surface area contributed by atoms with Crippen LogP contribution in [0.25, 0.3) is 0 Å². The second-order valence-electron chi connectivity index (χ2n) is 1.76. The molecule has 0 aromatic rings. The van der Waals surface area contributed by atoms with Gasteiger partial charge in [0.15, 0.2) is 12.4 Å². The van der Waals surface area contributed by atoms with Crippen LogP contribution >= 0.6 is 0 Å². The number of ketones is 1. The third kappa shape index (κ3) is 201. The standard InChI is InChI=1S/C8H8O3.6CO.CH3.2Co/c1-3-6-11-8(10)5-4-7(2)9;6*1-2;;;/h1,4-5H,6H2,2H3;;;;;;;1H3;;/q;;;;;;;-1;;/b5-4+;;;;;;;;;. The Morgan fingerprint density at radius 1 is 0.846 bits per heavy atom. The molecule has 0 amide bonds. The summed E-state index contributed by atoms with van der Waals surface area (Å²) in [6.45, 7) is 28.3. The predicted molar refractivity (Wildman–Crippen MR) is 69.6 cm³/mol. The van der Waals surface area contributed by atoms with Crippen molar-refractivity contribution in [3.63, 3.8) is 0 Å². The maximum atomic E-state index is 10.5. The van der Waals surface area contributed by atoms with Crippen LogP contribution in [0.2, 0.25) is 0 Å². The molecule has 0 aliphatic carbocycles. The van der Waals surface area contributed by atoms with E-state index >= 15 is 0 Å². The largest absolute Gasteiger partial charge is 0.358 e. The maximum absolute atomic E-state index is 10.5. The SMILES string of the molecule is C#CCOC(=O)/C=C/C(C)=O.[C-]#[O+].[C-]#[O+].[C-]#[O+].[C-]#[O+].[C-]#[O+].[C-]#[O+].[CH3-].[Co].[Co]. The molecule has 0 aliphatic rings. The Morgan fingerprint density at radius 2 is 1.12 bits per heavy atom. The number of esters is 1. The second-order valence-corrected chi connectivity index (χ2v) is 1.76. The average molecular weight is 453 g/mol. The van der Waals surface area contributed by atoms with Crippen LogP contribution in [-0.2, 0) is 75.8 Å². The average Bonchev–Trinajstić information content (AvgIpc) is 2.68. The van der Waals surface area contributed by atoms with Crippen molar-refractivity contribution in [1.29, 1.82) is 0 Å². The summed E-state index contributed by atoms with van der Waals surface area (Å²) in [5, 5.41) is 0. The van der Waals surface area contributed by atoms with Crippen LogP contribution in [0.3, 0.4) is 0 Å². The van der Waals surface area contributed by atoms with E-state index in [1.165, 1.54) is 6.92 Å². The molecule has 0 aromatic heterocycles. The zero-order valence-corrected chi connectivity index (χ0v) is 15.4. The molecule has 0 rings (SSSR count). The van der Waals surface area contributed by atoms with Gasteiger partial charge in [-0.05, 0) is 13.0 Å². The minimum absolute atomic E-state index is 0. The van der Waals surface area contributed by atoms with Gasteiger partial charge in [-0.3, -0.25) is 4.79 Å². The predicted octanol–water partition coefficient (Wildman–Crippen LogP) is 0.528. The Bertz CT molecular complexity index is 403. The van der Waals surface area contributed by atoms with Gasteiger partial charge in [-0.1, -0.05) is 5.92 Å². The third-order valence-corrected chi connectivity index (χ3v) is 0.752. The van der Waals surface area contributed by atoms with E-state index in [1.807, 2.05) is 0 Å². The molecule has 0 bridgehead atoms. The maximum Gasteiger partial charge on any atom is 0 e. The number of terminal acetylenes is 1. The van der Waals surface area contributed by atoms with E-state index in [0.29, 0.717) is 0 Å². The first kappa shape index (κ1) is 64.9. The fourth-order valence-corrected chi connectivity index (χ4v) is 0.346. The Kier molecular flexibility index (Phi) is 346. The van der Waals surface area contributed by atoms with Gasteiger partial charge >= 0.3 is 73.8 Å². The van der Waals surface area contributed by atoms with E-state index < -0.39 is 5.97 Å². The molecule has 144 valence electrons. The van der Waals surface area contributed by atoms with E-state index in [1.54, 1.807) is 0 Å². The van der Waals surface area contributed by atoms with E-state index in [0.717, 1.165) is 12.2 Å². The van der Waals surface area contributed by atoms with Crippen LogP contribution in [0, 0.1) is 59.7 Å². The minimum Gasteiger partial charge on any atom is -0.358 e. The van der Waals surface area contributed by atoms with Gasteiger partial charge in [0.25, 0.3) is 0 Å². The van der Waals surface area contributed by atoms with Gasteiger partial charge in [-0.25, -0.2) is 4.79 Å². The van der Waals surface area contributed by atoms with Crippen molar-refractivity contribution in [3.8, 4) is 12.3 Å². The molecule has 11 heteroatoms. The Balaban J connectivity index is -0.0000000183. The van der Waals surface area contributed by atoms with Crippen LogP contribution in [0.5, 0.6) is 0 Å². The quantitative estimate of drug-likeness (QED) is 0.201. The van der Waals surface area contributed by atoms with Crippen molar-refractivity contribution in [2.45, 2.75) is 6.92 Å². The van der Waals surface area contributed by atoms with Gasteiger partial charge in [-0.2, -0.15) is 0 Å². The van der Waals surface area contributed by atoms with Crippen molar-refractivity contribution >= 4 is 11.8 Å². The monoisotopic (exact) mass is 453 g/mol. The van der Waals surface area contributed by atoms with E-state index in [-0.39, 0.29) is 53.4 Å². The van der Waals surface area contributed by atoms with Crippen molar-refractivity contribution < 1.29 is 75.8 Å². The molecule has 0 N–H and O–H groups in total. The number of allylic oxidation sites excluding steroid dienone is 1. The number of carbonyl (C=O) groups excluding carboxylic acids is 2. The summed E-state index contributed by atoms with van der Waals surface area (Å²) < 4.78 is 49.4. The molecular weight excluding hydrogens is 442 g/mol. The van der Waals surface area contributed by atoms with Gasteiger partial charge in [-0.15, -0.1) is 6.42 Å². The Hall–Kier alpha value is -2.11. The van der Waals surface area contributed by atoms with Gasteiger partial charge < -0.3 is 12.2 Å². The second kappa shape index (κ2) is 139. The molecule has 26 heavy (non-hydrogen) atoms. The van der Waals surface area contributed by atoms with E-state index in [2.05, 4.69) is 50.6 Å². The third-order valence-electron chi connectivity index (χ3n) is 0.752. The van der Waals surface area contributed by atoms with Crippen LogP contribution < -0.4 is 0 Å². The molecular formula is C15H11Co2O9-. The van der Waals surface area contributed by atoms with Gasteiger partial charge in [0.1, 0.15) is 0 Å². The molecule has 0 saturated carbocycles. The summed E-state index contributed by atoms with van der Waals surface area (Å²) in [5.41, 5.74) is 0. The molecule has 9 nitrogen and oxygen atoms in total. The van der Waals surface area contributed by atoms with Gasteiger partial charge in [0.05, 0.1) is 0 Å². The number of carbonyl (C=O) groups is 2. The van der Waals surface area contributed by atoms with Crippen molar-refractivity contribution in [3.05, 3.63) is 59.5 Å². The molecule has 2 radical (unpaired) electrons. The Labute approximate surface area is 173 Å². The van der Waals surface area contributed by atoms with E-state index in [9.17, 15) is 9.59 Å². The zero-order chi connectivity index (χ0) is 20.7. The summed E-state index contributed by atoms with van der Waals surface area (Å²) in [6.07, 6.45) is 6.98. The van der Waals surface area contributed by atoms with Gasteiger partial charge in [0, 0.05) is 39.6 Å². The molecule has 0 saturated heterocycles. The molecule has 0 fully saturated rings. The van der Waals surface area contributed by atoms with Crippen molar-refractivity contribution in [2.75, 3.05) is 6.61 Å². The fraction of sp³-hybridized carbons (Fsp3) is 0.133. The first-order valence-corrected chi connectivity index (χ1v) is 4.18. The fourth-order valence-electron chi connectivity index (χ4n) is 0.346. The molecule has 0 atom stereocenters. The van der Waals surface area contributed by atoms with Gasteiger partial charge in [0.2, 0.25) is 0 Å². The summed E-state index contributed by atoms with van der Waals surface area (Å²) in [5.74, 6) is 1.32. The molecule has 0 aliphatic heterocycles. The normalized spacial score (nSPS) is 4.31. The first-order valence-electron chi connectivity index (χ1n) is 4.18. The van der Waals surface area contributed by atoms with Crippen LogP contribution in [0.15, 0.2) is 12.2 Å². The first-order chi connectivity index (χ1) is 11.2. The summed E-state index contributed by atoms with van der Waals surface area (Å²) in [4.78, 5) is 20.8. The molecule has 0 heterocycles. The van der Waals surface area contributed by atoms with Crippen LogP contribution in [-0.4, -0.2) is 18.4 Å². The van der Waals surface area contributed by atoms with Crippen LogP contribution in [0.1, 0.15) is 6.92 Å². The topological polar surface area (TPSA) is 163 Å². The molecule has 0 unspecified atom stereocenters. The summed E-state index contributed by atoms with van der Waals surface area (Å²) >= 11 is 0. The Morgan fingerprint density at radius 3 is 1.31 bits per heavy atom. The number of hydrogen-bond acceptors (Lipinski definition) is 3. The van der Waals surface area contributed by atoms with Crippen LogP contribution in [0.4, 0.5) is 0 Å². The van der Waals surface area contributed by atoms with Crippen molar-refractivity contribution in [1.82, 2.24) is 0 Å². The minimum atomic E-state index is -0.599.